The Labute approximate surface area is 214 Å². The predicted octanol–water partition coefficient (Wildman–Crippen LogP) is 7.08. The Hall–Kier alpha value is -3.61. The Morgan fingerprint density at radius 3 is 2.36 bits per heavy atom. The van der Waals surface area contributed by atoms with Crippen molar-refractivity contribution in [3.63, 3.8) is 0 Å². The number of nitrogens with zero attached hydrogens (tertiary/aromatic N) is 3. The molecule has 1 aromatic heterocycles. The number of fused-ring (bicyclic) bond motifs is 1. The van der Waals surface area contributed by atoms with Gasteiger partial charge in [0.05, 0.1) is 31.5 Å². The van der Waals surface area contributed by atoms with Crippen molar-refractivity contribution < 1.29 is 14.3 Å². The van der Waals surface area contributed by atoms with Crippen LogP contribution in [0.4, 0.5) is 0 Å². The molecule has 0 aliphatic rings. The number of carbonyl (C=O) groups is 1. The summed E-state index contributed by atoms with van der Waals surface area (Å²) in [6, 6.07) is 13.8. The second kappa shape index (κ2) is 12.4. The van der Waals surface area contributed by atoms with Gasteiger partial charge in [-0.2, -0.15) is 5.11 Å². The molecule has 0 bridgehead atoms. The van der Waals surface area contributed by atoms with Gasteiger partial charge in [-0.05, 0) is 67.3 Å². The molecule has 0 aliphatic heterocycles. The van der Waals surface area contributed by atoms with Gasteiger partial charge in [0.15, 0.2) is 0 Å². The van der Waals surface area contributed by atoms with E-state index in [1.165, 1.54) is 5.56 Å². The van der Waals surface area contributed by atoms with E-state index < -0.39 is 5.41 Å². The summed E-state index contributed by atoms with van der Waals surface area (Å²) < 4.78 is 13.8. The normalized spacial score (nSPS) is 11.7. The lowest BCUT2D eigenvalue weighted by Gasteiger charge is -2.18. The van der Waals surface area contributed by atoms with E-state index in [0.717, 1.165) is 53.6 Å². The fourth-order valence-electron chi connectivity index (χ4n) is 3.94. The lowest BCUT2D eigenvalue weighted by atomic mass is 9.95. The maximum absolute atomic E-state index is 12.9. The molecular weight excluding hydrogens is 452 g/mol. The largest absolute Gasteiger partial charge is 0.494 e. The fourth-order valence-corrected chi connectivity index (χ4v) is 3.94. The zero-order chi connectivity index (χ0) is 26.1. The zero-order valence-corrected chi connectivity index (χ0v) is 22.1. The summed E-state index contributed by atoms with van der Waals surface area (Å²) in [6.07, 6.45) is 5.56. The molecule has 3 aromatic rings. The summed E-state index contributed by atoms with van der Waals surface area (Å²) in [4.78, 5) is 12.9. The van der Waals surface area contributed by atoms with Gasteiger partial charge in [0.25, 0.3) is 0 Å². The monoisotopic (exact) mass is 490 g/mol. The first-order valence-electron chi connectivity index (χ1n) is 12.5. The molecule has 0 amide bonds. The molecule has 2 aromatic carbocycles. The topological polar surface area (TPSA) is 77.2 Å². The van der Waals surface area contributed by atoms with Crippen LogP contribution in [0.3, 0.4) is 0 Å². The second-order valence-corrected chi connectivity index (χ2v) is 9.78. The van der Waals surface area contributed by atoms with Crippen LogP contribution in [0.15, 0.2) is 65.6 Å². The molecule has 7 nitrogen and oxygen atoms in total. The standard InChI is InChI=1S/C29H38N4O3/c1-7-10-25-24-17-18-33(28(34)29(3,4)5)26(24)15-16-27(25)36-20-9-8-19-35-23-13-11-22(12-14-23)21(2)31-32-30-6/h11-18H,2,7-10,19-20H2,1,3-6H3,(H,30,31). The number of ether oxygens (including phenoxy) is 2. The van der Waals surface area contributed by atoms with Gasteiger partial charge in [-0.15, -0.1) is 0 Å². The zero-order valence-electron chi connectivity index (χ0n) is 22.1. The van der Waals surface area contributed by atoms with Crippen molar-refractivity contribution in [1.82, 2.24) is 9.99 Å². The number of rotatable bonds is 12. The fraction of sp³-hybridized carbons (Fsp3) is 0.414. The van der Waals surface area contributed by atoms with Crippen molar-refractivity contribution in [3.8, 4) is 11.5 Å². The van der Waals surface area contributed by atoms with Crippen LogP contribution in [0.25, 0.3) is 16.6 Å². The number of aromatic nitrogens is 1. The number of aryl methyl sites for hydroxylation is 1. The summed E-state index contributed by atoms with van der Waals surface area (Å²) in [5.41, 5.74) is 6.06. The van der Waals surface area contributed by atoms with E-state index in [2.05, 4.69) is 29.3 Å². The molecule has 0 atom stereocenters. The van der Waals surface area contributed by atoms with Gasteiger partial charge < -0.3 is 9.47 Å². The van der Waals surface area contributed by atoms with E-state index in [1.54, 1.807) is 11.6 Å². The van der Waals surface area contributed by atoms with Gasteiger partial charge in [0, 0.05) is 22.6 Å². The highest BCUT2D eigenvalue weighted by atomic mass is 16.5. The third-order valence-corrected chi connectivity index (χ3v) is 5.85. The van der Waals surface area contributed by atoms with Crippen molar-refractivity contribution in [1.29, 1.82) is 0 Å². The van der Waals surface area contributed by atoms with Crippen LogP contribution in [-0.4, -0.2) is 30.7 Å². The van der Waals surface area contributed by atoms with Gasteiger partial charge in [-0.3, -0.25) is 14.8 Å². The minimum Gasteiger partial charge on any atom is -0.494 e. The molecule has 1 N–H and O–H groups in total. The molecular formula is C29H38N4O3. The van der Waals surface area contributed by atoms with Crippen LogP contribution in [0.1, 0.15) is 62.9 Å². The number of nitrogens with one attached hydrogen (secondary N) is 1. The van der Waals surface area contributed by atoms with E-state index in [4.69, 9.17) is 9.47 Å². The number of unbranched alkanes of at least 4 members (excludes halogenated alkanes) is 1. The third-order valence-electron chi connectivity index (χ3n) is 5.85. The summed E-state index contributed by atoms with van der Waals surface area (Å²) in [5.74, 6) is 1.81. The molecule has 0 saturated heterocycles. The van der Waals surface area contributed by atoms with Gasteiger partial charge in [0.2, 0.25) is 5.91 Å². The molecule has 36 heavy (non-hydrogen) atoms. The van der Waals surface area contributed by atoms with Crippen LogP contribution in [0.5, 0.6) is 11.5 Å². The van der Waals surface area contributed by atoms with Gasteiger partial charge in [0.1, 0.15) is 11.5 Å². The highest BCUT2D eigenvalue weighted by Crippen LogP contribution is 2.32. The number of hydrogen-bond acceptors (Lipinski definition) is 5. The van der Waals surface area contributed by atoms with Gasteiger partial charge in [-0.25, -0.2) is 0 Å². The first kappa shape index (κ1) is 27.0. The Morgan fingerprint density at radius 2 is 1.72 bits per heavy atom. The van der Waals surface area contributed by atoms with Crippen molar-refractivity contribution >= 4 is 22.5 Å². The van der Waals surface area contributed by atoms with Crippen molar-refractivity contribution in [2.45, 2.75) is 53.4 Å². The highest BCUT2D eigenvalue weighted by Gasteiger charge is 2.25. The van der Waals surface area contributed by atoms with Crippen LogP contribution in [-0.2, 0) is 6.42 Å². The smallest absolute Gasteiger partial charge is 0.236 e. The lowest BCUT2D eigenvalue weighted by molar-refractivity contribution is 0.0772. The van der Waals surface area contributed by atoms with Crippen LogP contribution >= 0.6 is 0 Å². The lowest BCUT2D eigenvalue weighted by Crippen LogP contribution is -2.25. The third kappa shape index (κ3) is 6.74. The summed E-state index contributed by atoms with van der Waals surface area (Å²) in [6.45, 7) is 13.2. The first-order valence-corrected chi connectivity index (χ1v) is 12.5. The highest BCUT2D eigenvalue weighted by molar-refractivity contribution is 5.96. The summed E-state index contributed by atoms with van der Waals surface area (Å²) in [5, 5.41) is 8.48. The SMILES string of the molecule is C=C(NN=NC)c1ccc(OCCCCOc2ccc3c(ccn3C(=O)C(C)(C)C)c2CCC)cc1. The van der Waals surface area contributed by atoms with E-state index in [1.807, 2.05) is 69.4 Å². The van der Waals surface area contributed by atoms with Crippen molar-refractivity contribution in [2.75, 3.05) is 20.3 Å². The average Bonchev–Trinajstić information content (AvgIpc) is 3.29. The van der Waals surface area contributed by atoms with E-state index in [9.17, 15) is 4.79 Å². The molecule has 7 heteroatoms. The predicted molar refractivity (Wildman–Crippen MR) is 146 cm³/mol. The van der Waals surface area contributed by atoms with Gasteiger partial charge in [-0.1, -0.05) is 45.9 Å². The molecule has 3 rings (SSSR count). The number of benzene rings is 2. The Kier molecular flexibility index (Phi) is 9.28. The minimum absolute atomic E-state index is 0.0906. The van der Waals surface area contributed by atoms with Crippen LogP contribution in [0, 0.1) is 5.41 Å². The van der Waals surface area contributed by atoms with Crippen LogP contribution < -0.4 is 14.9 Å². The molecule has 0 spiro atoms. The maximum Gasteiger partial charge on any atom is 0.236 e. The molecule has 1 heterocycles. The number of hydrogen-bond donors (Lipinski definition) is 1. The molecule has 0 unspecified atom stereocenters. The summed E-state index contributed by atoms with van der Waals surface area (Å²) >= 11 is 0. The quantitative estimate of drug-likeness (QED) is 0.167. The molecule has 0 aliphatic carbocycles. The minimum atomic E-state index is -0.441. The van der Waals surface area contributed by atoms with E-state index in [-0.39, 0.29) is 5.91 Å². The van der Waals surface area contributed by atoms with E-state index >= 15 is 0 Å². The van der Waals surface area contributed by atoms with Gasteiger partial charge >= 0.3 is 0 Å². The molecule has 192 valence electrons. The first-order chi connectivity index (χ1) is 17.3. The van der Waals surface area contributed by atoms with Crippen molar-refractivity contribution in [2.24, 2.45) is 15.8 Å². The maximum atomic E-state index is 12.9. The Bertz CT molecular complexity index is 1200. The Balaban J connectivity index is 1.53. The molecule has 0 saturated carbocycles. The summed E-state index contributed by atoms with van der Waals surface area (Å²) in [7, 11) is 1.60. The Morgan fingerprint density at radius 1 is 1.03 bits per heavy atom. The van der Waals surface area contributed by atoms with Crippen molar-refractivity contribution in [3.05, 3.63) is 66.4 Å². The number of carbonyl (C=O) groups excluding carboxylic acids is 1. The van der Waals surface area contributed by atoms with Crippen LogP contribution in [0.2, 0.25) is 0 Å². The molecule has 0 fully saturated rings. The molecule has 0 radical (unpaired) electrons. The second-order valence-electron chi connectivity index (χ2n) is 9.78. The van der Waals surface area contributed by atoms with E-state index in [0.29, 0.717) is 18.9 Å². The average molecular weight is 491 g/mol.